The van der Waals surface area contributed by atoms with Crippen molar-refractivity contribution < 1.29 is 4.21 Å². The summed E-state index contributed by atoms with van der Waals surface area (Å²) in [6.07, 6.45) is 2.50. The lowest BCUT2D eigenvalue weighted by Crippen LogP contribution is -2.47. The topological polar surface area (TPSA) is 32.3 Å². The van der Waals surface area contributed by atoms with Crippen molar-refractivity contribution in [3.63, 3.8) is 0 Å². The average molecular weight is 260 g/mol. The molecule has 102 valence electrons. The highest BCUT2D eigenvalue weighted by molar-refractivity contribution is 7.85. The van der Waals surface area contributed by atoms with Crippen LogP contribution in [0.1, 0.15) is 33.6 Å². The minimum atomic E-state index is -0.556. The van der Waals surface area contributed by atoms with E-state index in [1.165, 1.54) is 12.8 Å². The van der Waals surface area contributed by atoms with Crippen LogP contribution in [0.25, 0.3) is 0 Å². The van der Waals surface area contributed by atoms with E-state index in [1.54, 1.807) is 0 Å². The molecule has 0 amide bonds. The van der Waals surface area contributed by atoms with Crippen molar-refractivity contribution in [1.82, 2.24) is 10.2 Å². The van der Waals surface area contributed by atoms with Crippen molar-refractivity contribution in [1.29, 1.82) is 0 Å². The minimum Gasteiger partial charge on any atom is -0.316 e. The molecule has 0 spiro atoms. The molecule has 0 aliphatic carbocycles. The van der Waals surface area contributed by atoms with E-state index in [-0.39, 0.29) is 0 Å². The van der Waals surface area contributed by atoms with Crippen molar-refractivity contribution in [2.75, 3.05) is 44.2 Å². The Hall–Kier alpha value is 0.0700. The molecule has 1 fully saturated rings. The average Bonchev–Trinajstić information content (AvgIpc) is 2.30. The highest BCUT2D eigenvalue weighted by Crippen LogP contribution is 2.24. The second-order valence-corrected chi connectivity index (χ2v) is 7.16. The maximum Gasteiger partial charge on any atom is 0.0363 e. The first-order chi connectivity index (χ1) is 8.09. The summed E-state index contributed by atoms with van der Waals surface area (Å²) in [5.41, 5.74) is 0.365. The van der Waals surface area contributed by atoms with E-state index in [1.807, 2.05) is 0 Å². The lowest BCUT2D eigenvalue weighted by molar-refractivity contribution is 0.159. The maximum absolute atomic E-state index is 11.3. The highest BCUT2D eigenvalue weighted by Gasteiger charge is 2.27. The molecular formula is C13H28N2OS. The van der Waals surface area contributed by atoms with Gasteiger partial charge in [0.25, 0.3) is 0 Å². The Balaban J connectivity index is 2.44. The van der Waals surface area contributed by atoms with Gasteiger partial charge in [-0.3, -0.25) is 4.21 Å². The van der Waals surface area contributed by atoms with Crippen molar-refractivity contribution >= 4 is 10.8 Å². The number of nitrogens with one attached hydrogen (secondary N) is 1. The molecule has 1 N–H and O–H groups in total. The molecule has 1 atom stereocenters. The van der Waals surface area contributed by atoms with Gasteiger partial charge in [-0.1, -0.05) is 27.2 Å². The molecule has 0 radical (unpaired) electrons. The Labute approximate surface area is 109 Å². The van der Waals surface area contributed by atoms with Gasteiger partial charge in [0.05, 0.1) is 0 Å². The molecule has 3 nitrogen and oxygen atoms in total. The largest absolute Gasteiger partial charge is 0.316 e. The first-order valence-corrected chi connectivity index (χ1v) is 8.36. The fourth-order valence-corrected chi connectivity index (χ4v) is 3.76. The van der Waals surface area contributed by atoms with Crippen molar-refractivity contribution in [2.24, 2.45) is 5.41 Å². The van der Waals surface area contributed by atoms with Crippen LogP contribution in [0.15, 0.2) is 0 Å². The fourth-order valence-electron chi connectivity index (χ4n) is 2.63. The Morgan fingerprint density at radius 3 is 2.47 bits per heavy atom. The zero-order chi connectivity index (χ0) is 12.7. The van der Waals surface area contributed by atoms with Gasteiger partial charge in [0, 0.05) is 48.5 Å². The van der Waals surface area contributed by atoms with Gasteiger partial charge in [-0.25, -0.2) is 0 Å². The lowest BCUT2D eigenvalue weighted by atomic mass is 9.84. The highest BCUT2D eigenvalue weighted by atomic mass is 32.2. The van der Waals surface area contributed by atoms with E-state index in [4.69, 9.17) is 0 Å². The van der Waals surface area contributed by atoms with Crippen LogP contribution >= 0.6 is 0 Å². The summed E-state index contributed by atoms with van der Waals surface area (Å²) in [7, 11) is -0.556. The molecule has 4 heteroatoms. The molecule has 17 heavy (non-hydrogen) atoms. The van der Waals surface area contributed by atoms with E-state index >= 15 is 0 Å². The van der Waals surface area contributed by atoms with Crippen LogP contribution in [0.4, 0.5) is 0 Å². The Bertz CT molecular complexity index is 238. The van der Waals surface area contributed by atoms with Crippen LogP contribution in [0.2, 0.25) is 0 Å². The normalized spacial score (nSPS) is 22.5. The molecule has 0 aromatic carbocycles. The molecule has 0 saturated carbocycles. The first kappa shape index (κ1) is 15.1. The Morgan fingerprint density at radius 1 is 1.29 bits per heavy atom. The zero-order valence-corrected chi connectivity index (χ0v) is 12.4. The second kappa shape index (κ2) is 7.49. The van der Waals surface area contributed by atoms with Crippen LogP contribution < -0.4 is 5.32 Å². The Morgan fingerprint density at radius 2 is 1.94 bits per heavy atom. The van der Waals surface area contributed by atoms with Gasteiger partial charge in [0.1, 0.15) is 0 Å². The molecule has 1 saturated heterocycles. The van der Waals surface area contributed by atoms with E-state index in [2.05, 4.69) is 31.0 Å². The number of rotatable bonds is 7. The Kier molecular flexibility index (Phi) is 6.67. The first-order valence-electron chi connectivity index (χ1n) is 6.87. The van der Waals surface area contributed by atoms with Crippen LogP contribution in [0, 0.1) is 5.41 Å². The van der Waals surface area contributed by atoms with Crippen molar-refractivity contribution in [2.45, 2.75) is 33.6 Å². The second-order valence-electron chi connectivity index (χ2n) is 5.47. The number of nitrogens with zero attached hydrogens (tertiary/aromatic N) is 1. The molecule has 1 aliphatic heterocycles. The van der Waals surface area contributed by atoms with E-state index < -0.39 is 10.8 Å². The maximum atomic E-state index is 11.3. The van der Waals surface area contributed by atoms with Gasteiger partial charge in [-0.15, -0.1) is 0 Å². The summed E-state index contributed by atoms with van der Waals surface area (Å²) in [6, 6.07) is 0. The summed E-state index contributed by atoms with van der Waals surface area (Å²) < 4.78 is 11.3. The molecule has 1 unspecified atom stereocenters. The monoisotopic (exact) mass is 260 g/mol. The SMILES string of the molecule is CCCC(C)(CNCC)CN1CCS(=O)CC1. The molecule has 1 heterocycles. The molecule has 0 aromatic rings. The predicted molar refractivity (Wildman–Crippen MR) is 75.9 cm³/mol. The van der Waals surface area contributed by atoms with Crippen LogP contribution in [-0.4, -0.2) is 53.3 Å². The third-order valence-corrected chi connectivity index (χ3v) is 4.81. The van der Waals surface area contributed by atoms with Gasteiger partial charge in [-0.2, -0.15) is 0 Å². The van der Waals surface area contributed by atoms with Crippen molar-refractivity contribution in [3.8, 4) is 0 Å². The molecule has 1 rings (SSSR count). The van der Waals surface area contributed by atoms with Gasteiger partial charge < -0.3 is 10.2 Å². The summed E-state index contributed by atoms with van der Waals surface area (Å²) in [4.78, 5) is 2.49. The van der Waals surface area contributed by atoms with E-state index in [0.717, 1.165) is 44.2 Å². The summed E-state index contributed by atoms with van der Waals surface area (Å²) in [6.45, 7) is 12.1. The third kappa shape index (κ3) is 5.49. The predicted octanol–water partition coefficient (Wildman–Crippen LogP) is 1.47. The standard InChI is InChI=1S/C13H28N2OS/c1-4-6-13(3,11-14-5-2)12-15-7-9-17(16)10-8-15/h14H,4-12H2,1-3H3. The van der Waals surface area contributed by atoms with Crippen LogP contribution in [0.3, 0.4) is 0 Å². The van der Waals surface area contributed by atoms with Gasteiger partial charge >= 0.3 is 0 Å². The number of hydrogen-bond acceptors (Lipinski definition) is 3. The van der Waals surface area contributed by atoms with Crippen LogP contribution in [-0.2, 0) is 10.8 Å². The zero-order valence-electron chi connectivity index (χ0n) is 11.6. The van der Waals surface area contributed by atoms with Crippen molar-refractivity contribution in [3.05, 3.63) is 0 Å². The lowest BCUT2D eigenvalue weighted by Gasteiger charge is -2.37. The quantitative estimate of drug-likeness (QED) is 0.752. The molecule has 0 bridgehead atoms. The van der Waals surface area contributed by atoms with E-state index in [0.29, 0.717) is 5.41 Å². The molecule has 1 aliphatic rings. The van der Waals surface area contributed by atoms with E-state index in [9.17, 15) is 4.21 Å². The van der Waals surface area contributed by atoms with Gasteiger partial charge in [0.2, 0.25) is 0 Å². The van der Waals surface area contributed by atoms with Gasteiger partial charge in [0.15, 0.2) is 0 Å². The fraction of sp³-hybridized carbons (Fsp3) is 1.00. The summed E-state index contributed by atoms with van der Waals surface area (Å²) in [5.74, 6) is 1.73. The molecular weight excluding hydrogens is 232 g/mol. The third-order valence-electron chi connectivity index (χ3n) is 3.53. The minimum absolute atomic E-state index is 0.365. The summed E-state index contributed by atoms with van der Waals surface area (Å²) >= 11 is 0. The van der Waals surface area contributed by atoms with Crippen LogP contribution in [0.5, 0.6) is 0 Å². The number of hydrogen-bond donors (Lipinski definition) is 1. The molecule has 0 aromatic heterocycles. The smallest absolute Gasteiger partial charge is 0.0363 e. The van der Waals surface area contributed by atoms with Gasteiger partial charge in [-0.05, 0) is 18.4 Å². The summed E-state index contributed by atoms with van der Waals surface area (Å²) in [5, 5.41) is 3.49.